The second kappa shape index (κ2) is 8.79. The minimum Gasteiger partial charge on any atom is -0.497 e. The van der Waals surface area contributed by atoms with Gasteiger partial charge in [-0.05, 0) is 117 Å². The van der Waals surface area contributed by atoms with Crippen LogP contribution in [0.25, 0.3) is 10.9 Å². The van der Waals surface area contributed by atoms with E-state index in [2.05, 4.69) is 24.9 Å². The second-order valence-corrected chi connectivity index (χ2v) is 12.8. The van der Waals surface area contributed by atoms with E-state index in [0.29, 0.717) is 10.8 Å². The number of nitrogens with zero attached hydrogens (tertiary/aromatic N) is 2. The molecule has 0 radical (unpaired) electrons. The third-order valence-electron chi connectivity index (χ3n) is 11.6. The van der Waals surface area contributed by atoms with Gasteiger partial charge in [-0.2, -0.15) is 0 Å². The third kappa shape index (κ3) is 3.68. The first kappa shape index (κ1) is 22.8. The van der Waals surface area contributed by atoms with E-state index >= 15 is 0 Å². The Morgan fingerprint density at radius 1 is 0.941 bits per heavy atom. The van der Waals surface area contributed by atoms with Crippen molar-refractivity contribution in [3.63, 3.8) is 0 Å². The van der Waals surface area contributed by atoms with Crippen LogP contribution in [0.15, 0.2) is 24.4 Å². The molecule has 34 heavy (non-hydrogen) atoms. The lowest BCUT2D eigenvalue weighted by molar-refractivity contribution is -0.111. The summed E-state index contributed by atoms with van der Waals surface area (Å²) in [6.07, 6.45) is 20.6. The molecule has 1 aromatic heterocycles. The molecule has 4 saturated carbocycles. The minimum atomic E-state index is 0.580. The molecule has 4 aliphatic carbocycles. The molecule has 3 heteroatoms. The van der Waals surface area contributed by atoms with Crippen LogP contribution >= 0.6 is 0 Å². The van der Waals surface area contributed by atoms with Gasteiger partial charge in [0.2, 0.25) is 0 Å². The van der Waals surface area contributed by atoms with Crippen molar-refractivity contribution >= 4 is 10.9 Å². The van der Waals surface area contributed by atoms with E-state index in [-0.39, 0.29) is 0 Å². The molecule has 3 nitrogen and oxygen atoms in total. The van der Waals surface area contributed by atoms with Crippen molar-refractivity contribution in [1.29, 1.82) is 0 Å². The molecule has 2 aromatic rings. The Morgan fingerprint density at radius 2 is 1.82 bits per heavy atom. The normalized spacial score (nSPS) is 39.3. The lowest BCUT2D eigenvalue weighted by atomic mass is 9.45. The molecule has 1 aromatic carbocycles. The monoisotopic (exact) mass is 460 g/mol. The van der Waals surface area contributed by atoms with Gasteiger partial charge in [-0.3, -0.25) is 0 Å². The number of ether oxygens (including phenoxy) is 1. The van der Waals surface area contributed by atoms with Crippen molar-refractivity contribution < 1.29 is 4.74 Å². The maximum Gasteiger partial charge on any atom is 0.128 e. The summed E-state index contributed by atoms with van der Waals surface area (Å²) in [5.41, 5.74) is 2.25. The summed E-state index contributed by atoms with van der Waals surface area (Å²) in [5, 5.41) is 1.09. The lowest BCUT2D eigenvalue weighted by Gasteiger charge is -2.60. The van der Waals surface area contributed by atoms with E-state index in [1.807, 2.05) is 18.3 Å². The summed E-state index contributed by atoms with van der Waals surface area (Å²) in [6, 6.07) is 6.07. The van der Waals surface area contributed by atoms with Crippen LogP contribution in [0.2, 0.25) is 0 Å². The van der Waals surface area contributed by atoms with Gasteiger partial charge in [0.1, 0.15) is 11.6 Å². The average Bonchev–Trinajstić information content (AvgIpc) is 3.19. The number of hydrogen-bond donors (Lipinski definition) is 0. The van der Waals surface area contributed by atoms with Crippen LogP contribution in [0.4, 0.5) is 0 Å². The zero-order chi connectivity index (χ0) is 23.3. The van der Waals surface area contributed by atoms with Crippen LogP contribution in [-0.4, -0.2) is 17.1 Å². The van der Waals surface area contributed by atoms with Gasteiger partial charge in [0.25, 0.3) is 0 Å². The molecule has 0 amide bonds. The summed E-state index contributed by atoms with van der Waals surface area (Å²) >= 11 is 0. The van der Waals surface area contributed by atoms with Crippen molar-refractivity contribution in [2.24, 2.45) is 40.4 Å². The molecule has 0 aliphatic heterocycles. The number of aromatic nitrogens is 2. The van der Waals surface area contributed by atoms with Gasteiger partial charge >= 0.3 is 0 Å². The Hall–Kier alpha value is -1.64. The Kier molecular flexibility index (Phi) is 5.89. The standard InChI is InChI=1S/C31H44N2O/c1-30-17-5-4-7-22(30)11-14-25-26-15-12-23(31(26,2)18-16-27(25)30)8-6-9-29-32-20-21-10-13-24(34-3)19-28(21)33-29/h10,13,19-20,22-23,25-27H,4-9,11-12,14-18H2,1-3H3. The fourth-order valence-corrected chi connectivity index (χ4v) is 9.67. The molecule has 4 aliphatic rings. The van der Waals surface area contributed by atoms with Crippen LogP contribution in [-0.2, 0) is 6.42 Å². The van der Waals surface area contributed by atoms with Crippen molar-refractivity contribution in [2.75, 3.05) is 7.11 Å². The Bertz CT molecular complexity index is 1040. The van der Waals surface area contributed by atoms with E-state index in [1.165, 1.54) is 77.0 Å². The number of benzene rings is 1. The first-order valence-corrected chi connectivity index (χ1v) is 14.3. The molecule has 0 N–H and O–H groups in total. The molecule has 0 spiro atoms. The number of fused-ring (bicyclic) bond motifs is 6. The van der Waals surface area contributed by atoms with E-state index < -0.39 is 0 Å². The van der Waals surface area contributed by atoms with Gasteiger partial charge in [-0.25, -0.2) is 9.97 Å². The molecule has 0 saturated heterocycles. The quantitative estimate of drug-likeness (QED) is 0.453. The predicted molar refractivity (Wildman–Crippen MR) is 139 cm³/mol. The molecular weight excluding hydrogens is 416 g/mol. The topological polar surface area (TPSA) is 35.0 Å². The first-order chi connectivity index (χ1) is 16.5. The number of hydrogen-bond acceptors (Lipinski definition) is 3. The summed E-state index contributed by atoms with van der Waals surface area (Å²) in [7, 11) is 1.72. The lowest BCUT2D eigenvalue weighted by Crippen LogP contribution is -2.52. The third-order valence-corrected chi connectivity index (χ3v) is 11.6. The smallest absolute Gasteiger partial charge is 0.128 e. The summed E-state index contributed by atoms with van der Waals surface area (Å²) in [5.74, 6) is 6.82. The molecule has 184 valence electrons. The van der Waals surface area contributed by atoms with Crippen molar-refractivity contribution in [3.05, 3.63) is 30.2 Å². The van der Waals surface area contributed by atoms with Gasteiger partial charge in [-0.1, -0.05) is 26.7 Å². The van der Waals surface area contributed by atoms with Crippen LogP contribution in [0.3, 0.4) is 0 Å². The van der Waals surface area contributed by atoms with Gasteiger partial charge in [-0.15, -0.1) is 0 Å². The molecule has 4 fully saturated rings. The van der Waals surface area contributed by atoms with Crippen LogP contribution in [0, 0.1) is 40.4 Å². The SMILES string of the molecule is COc1ccc2cnc(CCCC3CCC4C5CCC6CCCCC6(C)C5CCC34C)nc2c1. The first-order valence-electron chi connectivity index (χ1n) is 14.3. The highest BCUT2D eigenvalue weighted by atomic mass is 16.5. The summed E-state index contributed by atoms with van der Waals surface area (Å²) in [4.78, 5) is 9.53. The van der Waals surface area contributed by atoms with Gasteiger partial charge in [0, 0.05) is 24.1 Å². The number of methoxy groups -OCH3 is 1. The Balaban J connectivity index is 1.11. The van der Waals surface area contributed by atoms with Crippen LogP contribution in [0.5, 0.6) is 5.75 Å². The van der Waals surface area contributed by atoms with E-state index in [1.54, 1.807) is 7.11 Å². The zero-order valence-electron chi connectivity index (χ0n) is 21.7. The number of rotatable bonds is 5. The molecular formula is C31H44N2O. The zero-order valence-corrected chi connectivity index (χ0v) is 21.7. The maximum atomic E-state index is 5.38. The van der Waals surface area contributed by atoms with Gasteiger partial charge in [0.05, 0.1) is 12.6 Å². The van der Waals surface area contributed by atoms with Gasteiger partial charge in [0.15, 0.2) is 0 Å². The second-order valence-electron chi connectivity index (χ2n) is 12.8. The van der Waals surface area contributed by atoms with Crippen LogP contribution in [0.1, 0.15) is 96.7 Å². The molecule has 7 unspecified atom stereocenters. The summed E-state index contributed by atoms with van der Waals surface area (Å²) in [6.45, 7) is 5.40. The highest BCUT2D eigenvalue weighted by Crippen LogP contribution is 2.67. The summed E-state index contributed by atoms with van der Waals surface area (Å²) < 4.78 is 5.38. The van der Waals surface area contributed by atoms with E-state index in [9.17, 15) is 0 Å². The van der Waals surface area contributed by atoms with E-state index in [0.717, 1.165) is 58.5 Å². The molecule has 1 heterocycles. The maximum absolute atomic E-state index is 5.38. The minimum absolute atomic E-state index is 0.580. The Labute approximate surface area is 206 Å². The van der Waals surface area contributed by atoms with Crippen molar-refractivity contribution in [1.82, 2.24) is 9.97 Å². The predicted octanol–water partition coefficient (Wildman–Crippen LogP) is 8.01. The number of aryl methyl sites for hydroxylation is 1. The highest BCUT2D eigenvalue weighted by Gasteiger charge is 2.59. The average molecular weight is 461 g/mol. The van der Waals surface area contributed by atoms with Crippen molar-refractivity contribution in [2.45, 2.75) is 97.3 Å². The Morgan fingerprint density at radius 3 is 2.71 bits per heavy atom. The largest absolute Gasteiger partial charge is 0.497 e. The molecule has 7 atom stereocenters. The van der Waals surface area contributed by atoms with Crippen LogP contribution < -0.4 is 4.74 Å². The fourth-order valence-electron chi connectivity index (χ4n) is 9.67. The molecule has 0 bridgehead atoms. The van der Waals surface area contributed by atoms with Gasteiger partial charge < -0.3 is 4.74 Å². The highest BCUT2D eigenvalue weighted by molar-refractivity contribution is 5.79. The fraction of sp³-hybridized carbons (Fsp3) is 0.742. The van der Waals surface area contributed by atoms with Crippen molar-refractivity contribution in [3.8, 4) is 5.75 Å². The van der Waals surface area contributed by atoms with E-state index in [4.69, 9.17) is 9.72 Å². The molecule has 6 rings (SSSR count).